The summed E-state index contributed by atoms with van der Waals surface area (Å²) in [5.74, 6) is 0.832. The third-order valence-electron chi connectivity index (χ3n) is 10.4. The molecule has 0 aliphatic carbocycles. The lowest BCUT2D eigenvalue weighted by atomic mass is 9.88. The second-order valence-corrected chi connectivity index (χ2v) is 14.5. The summed E-state index contributed by atoms with van der Waals surface area (Å²) in [6.45, 7) is 29.7. The summed E-state index contributed by atoms with van der Waals surface area (Å²) < 4.78 is 4.36. The number of H-pyrrole nitrogens is 1. The number of rotatable bonds is 4. The number of hydrogen-bond acceptors (Lipinski definition) is 5. The van der Waals surface area contributed by atoms with E-state index in [4.69, 9.17) is 29.7 Å². The maximum Gasteiger partial charge on any atom is 0.203 e. The van der Waals surface area contributed by atoms with Crippen LogP contribution in [0.3, 0.4) is 0 Å². The van der Waals surface area contributed by atoms with Gasteiger partial charge in [-0.1, -0.05) is 63.2 Å². The Labute approximate surface area is 326 Å². The van der Waals surface area contributed by atoms with Crippen LogP contribution < -0.4 is 0 Å². The van der Waals surface area contributed by atoms with Gasteiger partial charge in [-0.25, -0.2) is 9.97 Å². The molecule has 0 saturated carbocycles. The van der Waals surface area contributed by atoms with Crippen LogP contribution in [0.15, 0.2) is 103 Å². The molecule has 0 fully saturated rings. The molecule has 11 heteroatoms. The van der Waals surface area contributed by atoms with E-state index < -0.39 is 0 Å². The smallest absolute Gasteiger partial charge is 0.203 e. The van der Waals surface area contributed by atoms with Gasteiger partial charge in [0, 0.05) is 39.0 Å². The fourth-order valence-corrected chi connectivity index (χ4v) is 7.69. The first-order valence-corrected chi connectivity index (χ1v) is 17.8. The molecule has 0 unspecified atom stereocenters. The van der Waals surface area contributed by atoms with Gasteiger partial charge >= 0.3 is 0 Å². The summed E-state index contributed by atoms with van der Waals surface area (Å²) >= 11 is 0. The summed E-state index contributed by atoms with van der Waals surface area (Å²) in [4.78, 5) is 20.3. The van der Waals surface area contributed by atoms with E-state index >= 15 is 0 Å². The van der Waals surface area contributed by atoms with Gasteiger partial charge in [-0.15, -0.1) is 0 Å². The lowest BCUT2D eigenvalue weighted by Crippen LogP contribution is -2.12. The molecule has 4 aromatic carbocycles. The first-order valence-electron chi connectivity index (χ1n) is 17.8. The molecular formula is C46H27N11. The fraction of sp³-hybridized carbons (Fsp3) is 0.0870. The third kappa shape index (κ3) is 5.11. The lowest BCUT2D eigenvalue weighted by molar-refractivity contribution is 0.588. The van der Waals surface area contributed by atoms with Gasteiger partial charge in [0.1, 0.15) is 11.5 Å². The van der Waals surface area contributed by atoms with Crippen molar-refractivity contribution in [3.05, 3.63) is 154 Å². The van der Waals surface area contributed by atoms with E-state index in [1.807, 2.05) is 48.7 Å². The Hall–Kier alpha value is -8.56. The molecule has 0 bridgehead atoms. The van der Waals surface area contributed by atoms with Crippen LogP contribution in [0, 0.1) is 42.4 Å². The highest BCUT2D eigenvalue weighted by Gasteiger charge is 2.28. The van der Waals surface area contributed by atoms with Crippen LogP contribution in [0.5, 0.6) is 0 Å². The van der Waals surface area contributed by atoms with Crippen molar-refractivity contribution < 1.29 is 0 Å². The third-order valence-corrected chi connectivity index (χ3v) is 10.4. The van der Waals surface area contributed by atoms with Crippen LogP contribution in [-0.4, -0.2) is 29.3 Å². The minimum atomic E-state index is -0.317. The molecule has 1 N–H and O–H groups in total. The Kier molecular flexibility index (Phi) is 7.68. The minimum Gasteiger partial charge on any atom is -0.294 e. The lowest BCUT2D eigenvalue weighted by Gasteiger charge is -2.20. The molecular weight excluding hydrogens is 707 g/mol. The Balaban J connectivity index is 1.26. The number of aromatic amines is 1. The first-order chi connectivity index (χ1) is 27.7. The van der Waals surface area contributed by atoms with E-state index in [0.717, 1.165) is 49.6 Å². The monoisotopic (exact) mass is 733 g/mol. The number of nitriles is 2. The predicted molar refractivity (Wildman–Crippen MR) is 221 cm³/mol. The topological polar surface area (TPSA) is 125 Å². The fourth-order valence-electron chi connectivity index (χ4n) is 7.69. The minimum absolute atomic E-state index is 0.0198. The van der Waals surface area contributed by atoms with Crippen LogP contribution >= 0.6 is 0 Å². The maximum absolute atomic E-state index is 10.1. The van der Waals surface area contributed by atoms with Gasteiger partial charge < -0.3 is 0 Å². The highest BCUT2D eigenvalue weighted by molar-refractivity contribution is 6.11. The number of benzene rings is 4. The van der Waals surface area contributed by atoms with Gasteiger partial charge in [-0.3, -0.25) is 28.8 Å². The van der Waals surface area contributed by atoms with Gasteiger partial charge in [0.2, 0.25) is 11.4 Å². The highest BCUT2D eigenvalue weighted by Crippen LogP contribution is 2.49. The molecule has 266 valence electrons. The largest absolute Gasteiger partial charge is 0.294 e. The first kappa shape index (κ1) is 34.2. The molecule has 0 saturated heterocycles. The summed E-state index contributed by atoms with van der Waals surface area (Å²) in [5.41, 5.74) is 5.69. The van der Waals surface area contributed by atoms with Gasteiger partial charge in [-0.05, 0) is 65.6 Å². The normalized spacial score (nSPS) is 11.3. The van der Waals surface area contributed by atoms with E-state index in [2.05, 4.69) is 115 Å². The molecule has 5 aromatic heterocycles. The second kappa shape index (κ2) is 12.8. The van der Waals surface area contributed by atoms with Crippen LogP contribution in [-0.2, 0) is 5.41 Å². The van der Waals surface area contributed by atoms with Crippen LogP contribution in [0.1, 0.15) is 37.5 Å². The van der Waals surface area contributed by atoms with Crippen molar-refractivity contribution in [2.45, 2.75) is 26.2 Å². The number of para-hydroxylation sites is 2. The van der Waals surface area contributed by atoms with Crippen molar-refractivity contribution >= 4 is 60.8 Å². The SMILES string of the molecule is [C-]#[N+]c1c(C#N)c(C#N)c(-c2cc(-c3ccc4c5ccccc5n(-c5ccc6c7ccccc7n(-c7cc(C(C)(C)C)ccn7)c6c5)c4n3)[nH]n2)c([N+]#[C-])c1[N+]#[C-]. The summed E-state index contributed by atoms with van der Waals surface area (Å²) in [6.07, 6.45) is 1.87. The number of nitrogens with one attached hydrogen (secondary N) is 1. The van der Waals surface area contributed by atoms with E-state index in [9.17, 15) is 10.5 Å². The molecule has 0 aliphatic rings. The molecule has 0 spiro atoms. The van der Waals surface area contributed by atoms with E-state index in [1.165, 1.54) is 5.56 Å². The number of hydrogen-bond donors (Lipinski definition) is 1. The van der Waals surface area contributed by atoms with Crippen molar-refractivity contribution in [1.29, 1.82) is 10.5 Å². The molecule has 0 amide bonds. The molecule has 57 heavy (non-hydrogen) atoms. The standard InChI is InChI=1S/C46H27N11/c1-46(2,3)26-19-20-52-40(21-26)57-38-14-10-7-11-28(38)30-16-15-27(22-39(30)57)56-37-13-9-8-12-29(37)31-17-18-34(53-45(31)56)35-23-36(55-54-35)41-32(24-47)33(25-48)42(49-4)44(51-6)43(41)50-5/h7-23H,1-3H3,(H,54,55). The zero-order valence-electron chi connectivity index (χ0n) is 30.8. The van der Waals surface area contributed by atoms with Gasteiger partial charge in [0.15, 0.2) is 5.69 Å². The van der Waals surface area contributed by atoms with Crippen LogP contribution in [0.2, 0.25) is 0 Å². The van der Waals surface area contributed by atoms with Gasteiger partial charge in [0.25, 0.3) is 0 Å². The maximum atomic E-state index is 10.1. The number of aromatic nitrogens is 6. The molecule has 11 nitrogen and oxygen atoms in total. The average Bonchev–Trinajstić information content (AvgIpc) is 3.94. The summed E-state index contributed by atoms with van der Waals surface area (Å²) in [6, 6.07) is 36.6. The van der Waals surface area contributed by atoms with Gasteiger partial charge in [-0.2, -0.15) is 15.6 Å². The molecule has 0 atom stereocenters. The predicted octanol–water partition coefficient (Wildman–Crippen LogP) is 11.4. The molecule has 5 heterocycles. The molecule has 0 radical (unpaired) electrons. The number of pyridine rings is 2. The molecule has 9 rings (SSSR count). The highest BCUT2D eigenvalue weighted by atomic mass is 15.1. The van der Waals surface area contributed by atoms with Gasteiger partial charge in [0.05, 0.1) is 76.6 Å². The van der Waals surface area contributed by atoms with Crippen molar-refractivity contribution in [1.82, 2.24) is 29.3 Å². The van der Waals surface area contributed by atoms with Crippen molar-refractivity contribution in [3.63, 3.8) is 0 Å². The molecule has 9 aromatic rings. The Morgan fingerprint density at radius 3 is 1.98 bits per heavy atom. The summed E-state index contributed by atoms with van der Waals surface area (Å²) in [7, 11) is 0. The zero-order valence-corrected chi connectivity index (χ0v) is 30.8. The van der Waals surface area contributed by atoms with Crippen LogP contribution in [0.4, 0.5) is 17.1 Å². The summed E-state index contributed by atoms with van der Waals surface area (Å²) in [5, 5.41) is 31.7. The Morgan fingerprint density at radius 2 is 1.30 bits per heavy atom. The van der Waals surface area contributed by atoms with Crippen LogP contribution in [0.25, 0.3) is 92.4 Å². The Morgan fingerprint density at radius 1 is 0.649 bits per heavy atom. The average molecular weight is 734 g/mol. The van der Waals surface area contributed by atoms with Crippen molar-refractivity contribution in [2.75, 3.05) is 0 Å². The second-order valence-electron chi connectivity index (χ2n) is 14.5. The van der Waals surface area contributed by atoms with E-state index in [-0.39, 0.29) is 44.9 Å². The number of nitrogens with zero attached hydrogens (tertiary/aromatic N) is 10. The zero-order chi connectivity index (χ0) is 39.6. The Bertz CT molecular complexity index is 3350. The van der Waals surface area contributed by atoms with E-state index in [0.29, 0.717) is 17.0 Å². The van der Waals surface area contributed by atoms with Crippen molar-refractivity contribution in [3.8, 4) is 46.3 Å². The quantitative estimate of drug-likeness (QED) is 0.180. The molecule has 0 aliphatic heterocycles. The van der Waals surface area contributed by atoms with Crippen molar-refractivity contribution in [2.24, 2.45) is 0 Å². The number of fused-ring (bicyclic) bond motifs is 6. The van der Waals surface area contributed by atoms with E-state index in [1.54, 1.807) is 6.07 Å².